The van der Waals surface area contributed by atoms with E-state index in [4.69, 9.17) is 0 Å². The maximum atomic E-state index is 2.33. The summed E-state index contributed by atoms with van der Waals surface area (Å²) >= 11 is 0. The van der Waals surface area contributed by atoms with E-state index in [1.807, 2.05) is 0 Å². The largest absolute Gasteiger partial charge is 0.0622 e. The van der Waals surface area contributed by atoms with Gasteiger partial charge in [0.25, 0.3) is 0 Å². The van der Waals surface area contributed by atoms with E-state index in [1.165, 1.54) is 52.3 Å². The van der Waals surface area contributed by atoms with Crippen LogP contribution in [0.2, 0.25) is 0 Å². The molecule has 4 aromatic rings. The molecule has 0 amide bonds. The second-order valence-corrected chi connectivity index (χ2v) is 8.06. The summed E-state index contributed by atoms with van der Waals surface area (Å²) in [7, 11) is 0. The third-order valence-electron chi connectivity index (χ3n) is 6.67. The van der Waals surface area contributed by atoms with Crippen LogP contribution in [0.25, 0.3) is 33.0 Å². The maximum Gasteiger partial charge on any atom is -0.00672 e. The summed E-state index contributed by atoms with van der Waals surface area (Å²) in [5.41, 5.74) is 9.03. The lowest BCUT2D eigenvalue weighted by Gasteiger charge is -2.26. The summed E-state index contributed by atoms with van der Waals surface area (Å²) in [5.74, 6) is 1.46. The predicted octanol–water partition coefficient (Wildman–Crippen LogP) is 7.54. The normalized spacial score (nSPS) is 20.1. The molecule has 2 atom stereocenters. The van der Waals surface area contributed by atoms with E-state index in [0.29, 0.717) is 0 Å². The number of rotatable bonds is 2. The molecule has 0 saturated heterocycles. The zero-order valence-corrected chi connectivity index (χ0v) is 15.4. The average Bonchev–Trinajstić information content (AvgIpc) is 3.36. The molecule has 2 aliphatic rings. The van der Waals surface area contributed by atoms with Crippen molar-refractivity contribution in [1.82, 2.24) is 0 Å². The van der Waals surface area contributed by atoms with Crippen LogP contribution in [0.4, 0.5) is 0 Å². The summed E-state index contributed by atoms with van der Waals surface area (Å²) in [6.45, 7) is 0. The third-order valence-corrected chi connectivity index (χ3v) is 6.67. The lowest BCUT2D eigenvalue weighted by atomic mass is 9.78. The Bertz CT molecular complexity index is 1050. The van der Waals surface area contributed by atoms with Crippen molar-refractivity contribution in [1.29, 1.82) is 0 Å². The highest BCUT2D eigenvalue weighted by Crippen LogP contribution is 2.60. The van der Waals surface area contributed by atoms with Gasteiger partial charge in [0.1, 0.15) is 0 Å². The van der Waals surface area contributed by atoms with Gasteiger partial charge in [-0.3, -0.25) is 0 Å². The molecule has 0 radical (unpaired) electrons. The first-order valence-corrected chi connectivity index (χ1v) is 10.1. The standard InChI is InChI=1S/C27H22/c1-3-9-18(10-4-1)24-22-13-7-8-14-23(22)25(19-11-5-2-6-12-19)27-21-16-15-20(17-21)26(24)27/h1-14,20-21H,15-17H2/t20-,21+. The lowest BCUT2D eigenvalue weighted by Crippen LogP contribution is -2.04. The van der Waals surface area contributed by atoms with Gasteiger partial charge in [0, 0.05) is 0 Å². The van der Waals surface area contributed by atoms with Gasteiger partial charge in [0.2, 0.25) is 0 Å². The molecular weight excluding hydrogens is 324 g/mol. The summed E-state index contributed by atoms with van der Waals surface area (Å²) in [5, 5.41) is 2.82. The first kappa shape index (κ1) is 15.2. The molecule has 130 valence electrons. The molecule has 0 unspecified atom stereocenters. The molecule has 0 aromatic heterocycles. The molecule has 2 bridgehead atoms. The van der Waals surface area contributed by atoms with E-state index < -0.39 is 0 Å². The van der Waals surface area contributed by atoms with Gasteiger partial charge in [-0.25, -0.2) is 0 Å². The minimum atomic E-state index is 0.729. The highest BCUT2D eigenvalue weighted by atomic mass is 14.4. The zero-order valence-electron chi connectivity index (χ0n) is 15.4. The zero-order chi connectivity index (χ0) is 17.8. The first-order valence-electron chi connectivity index (χ1n) is 10.1. The van der Waals surface area contributed by atoms with Gasteiger partial charge in [0.05, 0.1) is 0 Å². The van der Waals surface area contributed by atoms with Crippen molar-refractivity contribution in [3.05, 3.63) is 96.1 Å². The van der Waals surface area contributed by atoms with Crippen LogP contribution in [0.15, 0.2) is 84.9 Å². The van der Waals surface area contributed by atoms with Crippen molar-refractivity contribution >= 4 is 10.8 Å². The Morgan fingerprint density at radius 3 is 1.33 bits per heavy atom. The summed E-state index contributed by atoms with van der Waals surface area (Å²) in [4.78, 5) is 0. The van der Waals surface area contributed by atoms with Gasteiger partial charge in [-0.2, -0.15) is 0 Å². The fraction of sp³-hybridized carbons (Fsp3) is 0.185. The van der Waals surface area contributed by atoms with E-state index in [-0.39, 0.29) is 0 Å². The van der Waals surface area contributed by atoms with E-state index in [0.717, 1.165) is 11.8 Å². The Hall–Kier alpha value is -2.86. The molecule has 0 heterocycles. The molecule has 2 aliphatic carbocycles. The third kappa shape index (κ3) is 2.16. The molecule has 1 fully saturated rings. The topological polar surface area (TPSA) is 0 Å². The average molecular weight is 346 g/mol. The summed E-state index contributed by atoms with van der Waals surface area (Å²) < 4.78 is 0. The van der Waals surface area contributed by atoms with Gasteiger partial charge in [0.15, 0.2) is 0 Å². The Morgan fingerprint density at radius 1 is 0.481 bits per heavy atom. The highest BCUT2D eigenvalue weighted by molar-refractivity contribution is 6.08. The lowest BCUT2D eigenvalue weighted by molar-refractivity contribution is 0.721. The Balaban J connectivity index is 1.80. The Kier molecular flexibility index (Phi) is 3.28. The Labute approximate surface area is 160 Å². The van der Waals surface area contributed by atoms with Crippen LogP contribution in [0.1, 0.15) is 42.2 Å². The second kappa shape index (κ2) is 5.82. The molecule has 6 rings (SSSR count). The Morgan fingerprint density at radius 2 is 0.889 bits per heavy atom. The monoisotopic (exact) mass is 346 g/mol. The van der Waals surface area contributed by atoms with E-state index in [9.17, 15) is 0 Å². The number of hydrogen-bond donors (Lipinski definition) is 0. The molecule has 27 heavy (non-hydrogen) atoms. The van der Waals surface area contributed by atoms with Gasteiger partial charge in [-0.1, -0.05) is 84.9 Å². The van der Waals surface area contributed by atoms with Crippen LogP contribution in [0, 0.1) is 0 Å². The van der Waals surface area contributed by atoms with Crippen LogP contribution < -0.4 is 0 Å². The van der Waals surface area contributed by atoms with Crippen molar-refractivity contribution in [3.8, 4) is 22.3 Å². The molecule has 0 aliphatic heterocycles. The fourth-order valence-electron chi connectivity index (χ4n) is 5.66. The summed E-state index contributed by atoms with van der Waals surface area (Å²) in [6.07, 6.45) is 4.04. The molecule has 0 heteroatoms. The van der Waals surface area contributed by atoms with Crippen molar-refractivity contribution < 1.29 is 0 Å². The fourth-order valence-corrected chi connectivity index (χ4v) is 5.66. The van der Waals surface area contributed by atoms with Crippen LogP contribution in [-0.4, -0.2) is 0 Å². The predicted molar refractivity (Wildman–Crippen MR) is 114 cm³/mol. The van der Waals surface area contributed by atoms with Gasteiger partial charge in [-0.15, -0.1) is 0 Å². The second-order valence-electron chi connectivity index (χ2n) is 8.06. The smallest absolute Gasteiger partial charge is 0.00672 e. The van der Waals surface area contributed by atoms with Crippen LogP contribution in [-0.2, 0) is 0 Å². The van der Waals surface area contributed by atoms with E-state index in [1.54, 1.807) is 11.1 Å². The van der Waals surface area contributed by atoms with Crippen LogP contribution in [0.5, 0.6) is 0 Å². The maximum absolute atomic E-state index is 2.33. The van der Waals surface area contributed by atoms with Crippen molar-refractivity contribution in [3.63, 3.8) is 0 Å². The van der Waals surface area contributed by atoms with Gasteiger partial charge >= 0.3 is 0 Å². The molecule has 0 spiro atoms. The van der Waals surface area contributed by atoms with Crippen molar-refractivity contribution in [2.45, 2.75) is 31.1 Å². The SMILES string of the molecule is c1ccc(-c2c3c(c(-c4ccccc4)c4ccccc24)[C@H]2CC[C@@H]3C2)cc1. The molecule has 0 nitrogen and oxygen atoms in total. The van der Waals surface area contributed by atoms with Gasteiger partial charge < -0.3 is 0 Å². The van der Waals surface area contributed by atoms with E-state index >= 15 is 0 Å². The van der Waals surface area contributed by atoms with Crippen molar-refractivity contribution in [2.75, 3.05) is 0 Å². The number of fused-ring (bicyclic) bond motifs is 6. The quantitative estimate of drug-likeness (QED) is 0.352. The van der Waals surface area contributed by atoms with Crippen LogP contribution in [0.3, 0.4) is 0 Å². The van der Waals surface area contributed by atoms with Crippen molar-refractivity contribution in [2.24, 2.45) is 0 Å². The first-order chi connectivity index (χ1) is 13.4. The van der Waals surface area contributed by atoms with Crippen LogP contribution >= 0.6 is 0 Å². The highest BCUT2D eigenvalue weighted by Gasteiger charge is 2.41. The molecule has 4 aromatic carbocycles. The molecular formula is C27H22. The summed E-state index contributed by atoms with van der Waals surface area (Å²) in [6, 6.07) is 31.2. The van der Waals surface area contributed by atoms with Gasteiger partial charge in [-0.05, 0) is 75.3 Å². The molecule has 0 N–H and O–H groups in total. The minimum absolute atomic E-state index is 0.729. The minimum Gasteiger partial charge on any atom is -0.0622 e. The molecule has 1 saturated carbocycles. The van der Waals surface area contributed by atoms with E-state index in [2.05, 4.69) is 84.9 Å². The number of benzene rings is 4. The number of hydrogen-bond acceptors (Lipinski definition) is 0.